The van der Waals surface area contributed by atoms with Crippen molar-refractivity contribution in [2.24, 2.45) is 0 Å². The van der Waals surface area contributed by atoms with Crippen molar-refractivity contribution < 1.29 is 0 Å². The molecular weight excluding hydrogens is 245 g/mol. The predicted molar refractivity (Wildman–Crippen MR) is 66.4 cm³/mol. The van der Waals surface area contributed by atoms with Gasteiger partial charge in [-0.15, -0.1) is 0 Å². The van der Waals surface area contributed by atoms with E-state index in [4.69, 9.17) is 23.2 Å². The first-order valence-electron chi connectivity index (χ1n) is 5.39. The summed E-state index contributed by atoms with van der Waals surface area (Å²) >= 11 is 12.4. The molecule has 0 unspecified atom stereocenters. The Morgan fingerprint density at radius 3 is 2.69 bits per heavy atom. The molecule has 2 rings (SSSR count). The first kappa shape index (κ1) is 11.7. The number of fused-ring (bicyclic) bond motifs is 1. The number of nitrogens with zero attached hydrogens (tertiary/aromatic N) is 3. The van der Waals surface area contributed by atoms with E-state index in [1.54, 1.807) is 10.7 Å². The van der Waals surface area contributed by atoms with Crippen LogP contribution in [0.25, 0.3) is 5.65 Å². The van der Waals surface area contributed by atoms with Crippen molar-refractivity contribution in [2.75, 3.05) is 0 Å². The van der Waals surface area contributed by atoms with Gasteiger partial charge in [0.1, 0.15) is 10.3 Å². The molecule has 0 aliphatic heterocycles. The number of hydrogen-bond acceptors (Lipinski definition) is 2. The van der Waals surface area contributed by atoms with Gasteiger partial charge >= 0.3 is 0 Å². The Balaban J connectivity index is 2.69. The maximum Gasteiger partial charge on any atom is 0.161 e. The topological polar surface area (TPSA) is 30.2 Å². The van der Waals surface area contributed by atoms with Gasteiger partial charge in [0, 0.05) is 11.1 Å². The van der Waals surface area contributed by atoms with Gasteiger partial charge in [-0.3, -0.25) is 0 Å². The smallest absolute Gasteiger partial charge is 0.161 e. The second-order valence-electron chi connectivity index (χ2n) is 3.68. The molecule has 0 N–H and O–H groups in total. The highest BCUT2D eigenvalue weighted by molar-refractivity contribution is 6.34. The summed E-state index contributed by atoms with van der Waals surface area (Å²) in [7, 11) is 0. The van der Waals surface area contributed by atoms with E-state index in [1.807, 2.05) is 0 Å². The molecule has 5 heteroatoms. The van der Waals surface area contributed by atoms with Crippen LogP contribution in [0.1, 0.15) is 31.4 Å². The van der Waals surface area contributed by atoms with E-state index in [0.717, 1.165) is 36.0 Å². The first-order valence-corrected chi connectivity index (χ1v) is 6.15. The third-order valence-corrected chi connectivity index (χ3v) is 3.29. The second kappa shape index (κ2) is 4.60. The Morgan fingerprint density at radius 1 is 1.31 bits per heavy atom. The van der Waals surface area contributed by atoms with E-state index >= 15 is 0 Å². The highest BCUT2D eigenvalue weighted by atomic mass is 35.5. The molecule has 0 aliphatic rings. The van der Waals surface area contributed by atoms with E-state index in [2.05, 4.69) is 23.9 Å². The number of rotatable bonds is 3. The number of aromatic nitrogens is 3. The number of halogens is 2. The maximum absolute atomic E-state index is 6.27. The van der Waals surface area contributed by atoms with Gasteiger partial charge in [0.2, 0.25) is 0 Å². The predicted octanol–water partition coefficient (Wildman–Crippen LogP) is 3.55. The molecule has 0 aromatic carbocycles. The molecule has 2 aromatic heterocycles. The zero-order valence-electron chi connectivity index (χ0n) is 9.30. The summed E-state index contributed by atoms with van der Waals surface area (Å²) in [6.45, 7) is 4.14. The summed E-state index contributed by atoms with van der Waals surface area (Å²) in [5.74, 6) is 0. The molecule has 0 saturated heterocycles. The minimum absolute atomic E-state index is 0.495. The van der Waals surface area contributed by atoms with Gasteiger partial charge < -0.3 is 0 Å². The molecule has 0 aliphatic carbocycles. The summed E-state index contributed by atoms with van der Waals surface area (Å²) in [6.07, 6.45) is 4.47. The zero-order chi connectivity index (χ0) is 11.7. The molecule has 0 atom stereocenters. The van der Waals surface area contributed by atoms with Crippen LogP contribution >= 0.6 is 23.2 Å². The Kier molecular flexibility index (Phi) is 3.36. The largest absolute Gasteiger partial charge is 0.216 e. The monoisotopic (exact) mass is 257 g/mol. The Bertz CT molecular complexity index is 519. The highest BCUT2D eigenvalue weighted by Gasteiger charge is 2.14. The molecule has 16 heavy (non-hydrogen) atoms. The Morgan fingerprint density at radius 2 is 2.06 bits per heavy atom. The molecule has 0 bridgehead atoms. The van der Waals surface area contributed by atoms with Crippen molar-refractivity contribution in [1.29, 1.82) is 0 Å². The van der Waals surface area contributed by atoms with Crippen LogP contribution in [0.5, 0.6) is 0 Å². The lowest BCUT2D eigenvalue weighted by Gasteiger charge is -2.07. The molecule has 2 aromatic rings. The van der Waals surface area contributed by atoms with Crippen LogP contribution in [-0.4, -0.2) is 14.6 Å². The molecule has 0 radical (unpaired) electrons. The third-order valence-electron chi connectivity index (χ3n) is 2.59. The van der Waals surface area contributed by atoms with E-state index in [-0.39, 0.29) is 0 Å². The van der Waals surface area contributed by atoms with Gasteiger partial charge in [-0.2, -0.15) is 5.10 Å². The van der Waals surface area contributed by atoms with E-state index < -0.39 is 0 Å². The SMILES string of the molecule is CCCc1c(Cl)nc2c(CC)cnn2c1Cl. The van der Waals surface area contributed by atoms with Crippen molar-refractivity contribution in [3.63, 3.8) is 0 Å². The lowest BCUT2D eigenvalue weighted by molar-refractivity contribution is 0.865. The van der Waals surface area contributed by atoms with Crippen LogP contribution in [0.15, 0.2) is 6.20 Å². The summed E-state index contributed by atoms with van der Waals surface area (Å²) in [5.41, 5.74) is 2.70. The van der Waals surface area contributed by atoms with Crippen molar-refractivity contribution in [3.05, 3.63) is 27.6 Å². The Labute approximate surface area is 104 Å². The molecule has 86 valence electrons. The lowest BCUT2D eigenvalue weighted by atomic mass is 10.2. The quantitative estimate of drug-likeness (QED) is 0.788. The Hall–Kier alpha value is -0.800. The van der Waals surface area contributed by atoms with Crippen LogP contribution in [0.4, 0.5) is 0 Å². The molecule has 2 heterocycles. The average molecular weight is 258 g/mol. The van der Waals surface area contributed by atoms with E-state index in [0.29, 0.717) is 10.3 Å². The lowest BCUT2D eigenvalue weighted by Crippen LogP contribution is -2.00. The molecular formula is C11H13Cl2N3. The molecule has 0 spiro atoms. The molecule has 0 saturated carbocycles. The zero-order valence-corrected chi connectivity index (χ0v) is 10.8. The molecule has 3 nitrogen and oxygen atoms in total. The average Bonchev–Trinajstić information content (AvgIpc) is 2.67. The summed E-state index contributed by atoms with van der Waals surface area (Å²) in [6, 6.07) is 0. The van der Waals surface area contributed by atoms with Gasteiger partial charge in [-0.25, -0.2) is 9.50 Å². The normalized spacial score (nSPS) is 11.2. The standard InChI is InChI=1S/C11H13Cl2N3/c1-3-5-8-9(12)15-11-7(4-2)6-14-16(11)10(8)13/h6H,3-5H2,1-2H3. The van der Waals surface area contributed by atoms with E-state index in [9.17, 15) is 0 Å². The fraction of sp³-hybridized carbons (Fsp3) is 0.455. The fourth-order valence-electron chi connectivity index (χ4n) is 1.72. The minimum Gasteiger partial charge on any atom is -0.216 e. The van der Waals surface area contributed by atoms with Crippen LogP contribution in [-0.2, 0) is 12.8 Å². The summed E-state index contributed by atoms with van der Waals surface area (Å²) in [4.78, 5) is 4.37. The number of aryl methyl sites for hydroxylation is 1. The van der Waals surface area contributed by atoms with Crippen LogP contribution < -0.4 is 0 Å². The maximum atomic E-state index is 6.27. The van der Waals surface area contributed by atoms with Crippen molar-refractivity contribution in [2.45, 2.75) is 33.1 Å². The highest BCUT2D eigenvalue weighted by Crippen LogP contribution is 2.26. The van der Waals surface area contributed by atoms with Crippen molar-refractivity contribution in [1.82, 2.24) is 14.6 Å². The third kappa shape index (κ3) is 1.78. The van der Waals surface area contributed by atoms with Crippen LogP contribution in [0.2, 0.25) is 10.3 Å². The molecule has 0 fully saturated rings. The first-order chi connectivity index (χ1) is 7.69. The van der Waals surface area contributed by atoms with Crippen molar-refractivity contribution in [3.8, 4) is 0 Å². The van der Waals surface area contributed by atoms with Crippen molar-refractivity contribution >= 4 is 28.8 Å². The fourth-order valence-corrected chi connectivity index (χ4v) is 2.34. The van der Waals surface area contributed by atoms with Gasteiger partial charge in [-0.1, -0.05) is 43.5 Å². The van der Waals surface area contributed by atoms with Crippen LogP contribution in [0, 0.1) is 0 Å². The summed E-state index contributed by atoms with van der Waals surface area (Å²) in [5, 5.41) is 5.31. The molecule has 0 amide bonds. The van der Waals surface area contributed by atoms with Gasteiger partial charge in [-0.05, 0) is 12.8 Å². The van der Waals surface area contributed by atoms with E-state index in [1.165, 1.54) is 0 Å². The minimum atomic E-state index is 0.495. The van der Waals surface area contributed by atoms with Gasteiger partial charge in [0.25, 0.3) is 0 Å². The summed E-state index contributed by atoms with van der Waals surface area (Å²) < 4.78 is 1.66. The van der Waals surface area contributed by atoms with Crippen LogP contribution in [0.3, 0.4) is 0 Å². The number of hydrogen-bond donors (Lipinski definition) is 0. The second-order valence-corrected chi connectivity index (χ2v) is 4.40. The van der Waals surface area contributed by atoms with Gasteiger partial charge in [0.15, 0.2) is 5.65 Å². The van der Waals surface area contributed by atoms with Gasteiger partial charge in [0.05, 0.1) is 6.20 Å².